The Morgan fingerprint density at radius 2 is 1.00 bits per heavy atom. The van der Waals surface area contributed by atoms with E-state index in [0.29, 0.717) is 0 Å². The van der Waals surface area contributed by atoms with Gasteiger partial charge >= 0.3 is 0 Å². The molecule has 0 aromatic carbocycles. The van der Waals surface area contributed by atoms with Gasteiger partial charge in [0, 0.05) is 4.88 Å². The van der Waals surface area contributed by atoms with Crippen molar-refractivity contribution < 1.29 is 9.47 Å². The predicted octanol–water partition coefficient (Wildman–Crippen LogP) is 12.1. The molecule has 0 saturated carbocycles. The summed E-state index contributed by atoms with van der Waals surface area (Å²) in [5.41, 5.74) is 0. The quantitative estimate of drug-likeness (QED) is 0.113. The summed E-state index contributed by atoms with van der Waals surface area (Å²) in [4.78, 5) is 8.35. The minimum absolute atomic E-state index is 0.756. The van der Waals surface area contributed by atoms with Crippen molar-refractivity contribution in [3.05, 3.63) is 16.0 Å². The number of nitrogens with zero attached hydrogens (tertiary/aromatic N) is 1. The first kappa shape index (κ1) is 33.1. The molecule has 5 heteroatoms. The molecule has 0 amide bonds. The number of rotatable bonds is 25. The monoisotopic (exact) mass is 563 g/mol. The molecule has 0 N–H and O–H groups in total. The van der Waals surface area contributed by atoms with Crippen LogP contribution >= 0.6 is 22.7 Å². The maximum absolute atomic E-state index is 6.29. The predicted molar refractivity (Wildman–Crippen MR) is 170 cm³/mol. The SMILES string of the molecule is CCCCCCCCCCCCOc1cc(C)sc1-c1sc(C)nc1OCCCCCCCCCCCC. The van der Waals surface area contributed by atoms with Crippen molar-refractivity contribution in [2.24, 2.45) is 0 Å². The van der Waals surface area contributed by atoms with Gasteiger partial charge in [0.2, 0.25) is 5.88 Å². The van der Waals surface area contributed by atoms with Crippen LogP contribution in [0.4, 0.5) is 0 Å². The molecule has 2 rings (SSSR count). The van der Waals surface area contributed by atoms with Crippen LogP contribution in [0.3, 0.4) is 0 Å². The van der Waals surface area contributed by atoms with Gasteiger partial charge in [-0.1, -0.05) is 129 Å². The van der Waals surface area contributed by atoms with Crippen molar-refractivity contribution in [1.29, 1.82) is 0 Å². The van der Waals surface area contributed by atoms with Crippen molar-refractivity contribution in [2.45, 2.75) is 156 Å². The highest BCUT2D eigenvalue weighted by atomic mass is 32.1. The van der Waals surface area contributed by atoms with Gasteiger partial charge in [-0.05, 0) is 32.8 Å². The van der Waals surface area contributed by atoms with E-state index in [2.05, 4.69) is 33.8 Å². The molecule has 0 aliphatic carbocycles. The van der Waals surface area contributed by atoms with Crippen molar-refractivity contribution in [1.82, 2.24) is 4.98 Å². The fourth-order valence-electron chi connectivity index (χ4n) is 4.94. The topological polar surface area (TPSA) is 31.4 Å². The smallest absolute Gasteiger partial charge is 0.233 e. The van der Waals surface area contributed by atoms with Crippen LogP contribution in [0, 0.1) is 13.8 Å². The van der Waals surface area contributed by atoms with E-state index in [1.807, 2.05) is 0 Å². The summed E-state index contributed by atoms with van der Waals surface area (Å²) >= 11 is 3.53. The Morgan fingerprint density at radius 1 is 0.553 bits per heavy atom. The molecule has 0 atom stereocenters. The minimum atomic E-state index is 0.756. The van der Waals surface area contributed by atoms with Gasteiger partial charge in [-0.3, -0.25) is 0 Å². The minimum Gasteiger partial charge on any atom is -0.492 e. The third kappa shape index (κ3) is 14.4. The molecular weight excluding hydrogens is 507 g/mol. The number of hydrogen-bond donors (Lipinski definition) is 0. The highest BCUT2D eigenvalue weighted by molar-refractivity contribution is 7.22. The summed E-state index contributed by atoms with van der Waals surface area (Å²) < 4.78 is 12.5. The molecule has 0 aliphatic rings. The number of thiazole rings is 1. The van der Waals surface area contributed by atoms with Crippen molar-refractivity contribution in [3.63, 3.8) is 0 Å². The lowest BCUT2D eigenvalue weighted by atomic mass is 10.1. The van der Waals surface area contributed by atoms with Crippen molar-refractivity contribution in [2.75, 3.05) is 13.2 Å². The maximum atomic E-state index is 6.29. The van der Waals surface area contributed by atoms with Gasteiger partial charge in [-0.2, -0.15) is 0 Å². The van der Waals surface area contributed by atoms with E-state index in [9.17, 15) is 0 Å². The molecule has 0 unspecified atom stereocenters. The van der Waals surface area contributed by atoms with Crippen LogP contribution in [-0.4, -0.2) is 18.2 Å². The highest BCUT2D eigenvalue weighted by Gasteiger charge is 2.19. The Labute approximate surface area is 243 Å². The molecular formula is C33H57NO2S2. The molecule has 0 fully saturated rings. The van der Waals surface area contributed by atoms with E-state index in [0.717, 1.165) is 47.6 Å². The van der Waals surface area contributed by atoms with Gasteiger partial charge in [0.25, 0.3) is 0 Å². The lowest BCUT2D eigenvalue weighted by Crippen LogP contribution is -2.00. The normalized spacial score (nSPS) is 11.4. The van der Waals surface area contributed by atoms with E-state index in [1.165, 1.54) is 125 Å². The number of aromatic nitrogens is 1. The number of thiophene rings is 1. The number of unbranched alkanes of at least 4 members (excludes halogenated alkanes) is 18. The first-order valence-corrected chi connectivity index (χ1v) is 17.6. The van der Waals surface area contributed by atoms with Crippen LogP contribution in [0.15, 0.2) is 6.07 Å². The summed E-state index contributed by atoms with van der Waals surface area (Å²) in [6.45, 7) is 10.4. The highest BCUT2D eigenvalue weighted by Crippen LogP contribution is 2.45. The molecule has 2 aromatic heterocycles. The first-order valence-electron chi connectivity index (χ1n) is 16.0. The second-order valence-corrected chi connectivity index (χ2v) is 13.4. The van der Waals surface area contributed by atoms with Gasteiger partial charge in [0.15, 0.2) is 0 Å². The maximum Gasteiger partial charge on any atom is 0.233 e. The Kier molecular flexibility index (Phi) is 18.9. The molecule has 3 nitrogen and oxygen atoms in total. The lowest BCUT2D eigenvalue weighted by Gasteiger charge is -2.09. The van der Waals surface area contributed by atoms with E-state index >= 15 is 0 Å². The average Bonchev–Trinajstić information content (AvgIpc) is 3.46. The fraction of sp³-hybridized carbons (Fsp3) is 0.788. The summed E-state index contributed by atoms with van der Waals surface area (Å²) in [7, 11) is 0. The Balaban J connectivity index is 1.67. The van der Waals surface area contributed by atoms with Gasteiger partial charge in [0.1, 0.15) is 10.6 Å². The van der Waals surface area contributed by atoms with E-state index in [4.69, 9.17) is 14.5 Å². The number of ether oxygens (including phenoxy) is 2. The van der Waals surface area contributed by atoms with E-state index in [1.54, 1.807) is 22.7 Å². The van der Waals surface area contributed by atoms with E-state index in [-0.39, 0.29) is 0 Å². The largest absolute Gasteiger partial charge is 0.492 e. The zero-order valence-corrected chi connectivity index (χ0v) is 26.8. The zero-order valence-electron chi connectivity index (χ0n) is 25.2. The third-order valence-electron chi connectivity index (χ3n) is 7.22. The zero-order chi connectivity index (χ0) is 27.3. The average molecular weight is 564 g/mol. The number of aryl methyl sites for hydroxylation is 2. The molecule has 38 heavy (non-hydrogen) atoms. The Bertz CT molecular complexity index is 761. The Hall–Kier alpha value is -1.07. The molecule has 2 heterocycles. The van der Waals surface area contributed by atoms with E-state index < -0.39 is 0 Å². The molecule has 0 aliphatic heterocycles. The van der Waals surface area contributed by atoms with Crippen LogP contribution in [0.2, 0.25) is 0 Å². The van der Waals surface area contributed by atoms with Gasteiger partial charge < -0.3 is 9.47 Å². The summed E-state index contributed by atoms with van der Waals surface area (Å²) in [5.74, 6) is 1.81. The van der Waals surface area contributed by atoms with Gasteiger partial charge in [-0.15, -0.1) is 22.7 Å². The molecule has 0 spiro atoms. The third-order valence-corrected chi connectivity index (χ3v) is 9.37. The fourth-order valence-corrected chi connectivity index (χ4v) is 6.88. The van der Waals surface area contributed by atoms with Gasteiger partial charge in [0.05, 0.1) is 23.1 Å². The second kappa shape index (κ2) is 21.7. The van der Waals surface area contributed by atoms with Crippen LogP contribution in [-0.2, 0) is 0 Å². The summed E-state index contributed by atoms with van der Waals surface area (Å²) in [6.07, 6.45) is 26.9. The van der Waals surface area contributed by atoms with Crippen LogP contribution in [0.1, 0.15) is 152 Å². The lowest BCUT2D eigenvalue weighted by molar-refractivity contribution is 0.294. The van der Waals surface area contributed by atoms with Gasteiger partial charge in [-0.25, -0.2) is 4.98 Å². The van der Waals surface area contributed by atoms with Crippen molar-refractivity contribution in [3.8, 4) is 21.4 Å². The molecule has 218 valence electrons. The molecule has 0 bridgehead atoms. The standard InChI is InChI=1S/C33H57NO2S2/c1-5-7-9-11-13-15-17-19-21-23-25-35-30-27-28(3)37-31(30)32-33(34-29(4)38-32)36-26-24-22-20-18-16-14-12-10-8-6-2/h27H,5-26H2,1-4H3. The second-order valence-electron chi connectivity index (χ2n) is 11.0. The van der Waals surface area contributed by atoms with Crippen LogP contribution in [0.5, 0.6) is 11.6 Å². The summed E-state index contributed by atoms with van der Waals surface area (Å²) in [5, 5.41) is 1.06. The van der Waals surface area contributed by atoms with Crippen molar-refractivity contribution >= 4 is 22.7 Å². The number of hydrogen-bond acceptors (Lipinski definition) is 5. The molecule has 0 radical (unpaired) electrons. The Morgan fingerprint density at radius 3 is 1.50 bits per heavy atom. The van der Waals surface area contributed by atoms with Crippen LogP contribution < -0.4 is 9.47 Å². The first-order chi connectivity index (χ1) is 18.7. The molecule has 0 saturated heterocycles. The summed E-state index contributed by atoms with van der Waals surface area (Å²) in [6, 6.07) is 2.19. The molecule has 2 aromatic rings. The van der Waals surface area contributed by atoms with Crippen LogP contribution in [0.25, 0.3) is 9.75 Å².